The maximum atomic E-state index is 13.0. The topological polar surface area (TPSA) is 149 Å². The molecule has 1 rings (SSSR count). The fourth-order valence-electron chi connectivity index (χ4n) is 8.77. The molecule has 1 heterocycles. The first-order valence-corrected chi connectivity index (χ1v) is 28.5. The van der Waals surface area contributed by atoms with Gasteiger partial charge in [0.1, 0.15) is 24.4 Å². The standard InChI is InChI=1S/C59H107NO8/c1-3-5-7-9-11-13-15-17-19-21-23-25-26-27-28-29-31-33-35-37-39-41-43-45-47-49-55(63)60-52(51-67-59-58(66)57(65)56(64)54(50-61)68-59)53(62)48-46-44-42-40-38-36-34-32-30-24-22-20-18-16-14-12-10-8-6-4-2/h15,17,21,23,26-27,38,40,46,48,52-54,56-59,61-62,64-66H,3-14,16,18-20,22,24-25,28-37,39,41-45,47,49-51H2,1-2H3,(H,60,63)/b17-15-,23-21-,27-26-,40-38+,48-46+. The summed E-state index contributed by atoms with van der Waals surface area (Å²) in [5, 5.41) is 54.5. The van der Waals surface area contributed by atoms with Crippen LogP contribution >= 0.6 is 0 Å². The van der Waals surface area contributed by atoms with Gasteiger partial charge in [-0.3, -0.25) is 4.79 Å². The van der Waals surface area contributed by atoms with Crippen LogP contribution in [0, 0.1) is 0 Å². The van der Waals surface area contributed by atoms with Gasteiger partial charge in [-0.05, 0) is 70.6 Å². The van der Waals surface area contributed by atoms with Crippen LogP contribution in [0.5, 0.6) is 0 Å². The molecule has 9 nitrogen and oxygen atoms in total. The number of hydrogen-bond acceptors (Lipinski definition) is 8. The van der Waals surface area contributed by atoms with Crippen molar-refractivity contribution >= 4 is 5.91 Å². The number of allylic oxidation sites excluding steroid dienone is 9. The molecule has 0 radical (unpaired) electrons. The SMILES string of the molecule is CCCCCCC/C=C\C/C=C\C/C=C\CCCCCCCCCCCCC(=O)NC(COC1OC(CO)C(O)C(O)C1O)C(O)/C=C/CC/C=C/CCCCCCCCCCCCCCCC. The van der Waals surface area contributed by atoms with E-state index in [-0.39, 0.29) is 12.5 Å². The van der Waals surface area contributed by atoms with E-state index in [4.69, 9.17) is 9.47 Å². The summed E-state index contributed by atoms with van der Waals surface area (Å²) in [6.45, 7) is 3.76. The molecule has 0 spiro atoms. The van der Waals surface area contributed by atoms with Crippen LogP contribution < -0.4 is 5.32 Å². The molecule has 0 aromatic carbocycles. The summed E-state index contributed by atoms with van der Waals surface area (Å²) in [5.41, 5.74) is 0. The Hall–Kier alpha value is -2.11. The van der Waals surface area contributed by atoms with Crippen molar-refractivity contribution in [2.75, 3.05) is 13.2 Å². The zero-order chi connectivity index (χ0) is 49.4. The van der Waals surface area contributed by atoms with Gasteiger partial charge >= 0.3 is 0 Å². The van der Waals surface area contributed by atoms with Gasteiger partial charge in [-0.15, -0.1) is 0 Å². The van der Waals surface area contributed by atoms with E-state index >= 15 is 0 Å². The normalized spacial score (nSPS) is 20.0. The lowest BCUT2D eigenvalue weighted by atomic mass is 9.99. The Labute approximate surface area is 417 Å². The first-order chi connectivity index (χ1) is 33.3. The molecular formula is C59H107NO8. The first-order valence-electron chi connectivity index (χ1n) is 28.5. The Morgan fingerprint density at radius 2 is 0.882 bits per heavy atom. The Morgan fingerprint density at radius 1 is 0.500 bits per heavy atom. The third-order valence-electron chi connectivity index (χ3n) is 13.3. The van der Waals surface area contributed by atoms with Gasteiger partial charge in [0.15, 0.2) is 6.29 Å². The lowest BCUT2D eigenvalue weighted by molar-refractivity contribution is -0.302. The lowest BCUT2D eigenvalue weighted by Gasteiger charge is -2.40. The van der Waals surface area contributed by atoms with Crippen molar-refractivity contribution < 1.29 is 39.8 Å². The van der Waals surface area contributed by atoms with Crippen LogP contribution in [0.15, 0.2) is 60.8 Å². The second-order valence-corrected chi connectivity index (χ2v) is 19.7. The summed E-state index contributed by atoms with van der Waals surface area (Å²) < 4.78 is 11.3. The third-order valence-corrected chi connectivity index (χ3v) is 13.3. The minimum absolute atomic E-state index is 0.191. The molecule has 0 aromatic rings. The summed E-state index contributed by atoms with van der Waals surface area (Å²) >= 11 is 0. The second-order valence-electron chi connectivity index (χ2n) is 19.7. The summed E-state index contributed by atoms with van der Waals surface area (Å²) in [4.78, 5) is 13.0. The van der Waals surface area contributed by atoms with Gasteiger partial charge in [0, 0.05) is 6.42 Å². The molecule has 7 atom stereocenters. The van der Waals surface area contributed by atoms with Crippen LogP contribution in [-0.4, -0.2) is 87.5 Å². The average molecular weight is 959 g/mol. The number of hydrogen-bond donors (Lipinski definition) is 6. The molecule has 7 unspecified atom stereocenters. The van der Waals surface area contributed by atoms with Gasteiger partial charge < -0.3 is 40.3 Å². The number of aliphatic hydroxyl groups is 5. The van der Waals surface area contributed by atoms with E-state index in [1.54, 1.807) is 6.08 Å². The predicted molar refractivity (Wildman–Crippen MR) is 286 cm³/mol. The molecule has 0 bridgehead atoms. The summed E-state index contributed by atoms with van der Waals surface area (Å²) in [5.74, 6) is -0.191. The van der Waals surface area contributed by atoms with Crippen LogP contribution in [0.4, 0.5) is 0 Å². The number of ether oxygens (including phenoxy) is 2. The number of aliphatic hydroxyl groups excluding tert-OH is 5. The van der Waals surface area contributed by atoms with E-state index in [0.29, 0.717) is 6.42 Å². The van der Waals surface area contributed by atoms with E-state index in [2.05, 4.69) is 67.8 Å². The number of carbonyl (C=O) groups is 1. The van der Waals surface area contributed by atoms with Gasteiger partial charge in [0.05, 0.1) is 25.4 Å². The largest absolute Gasteiger partial charge is 0.394 e. The van der Waals surface area contributed by atoms with E-state index in [1.807, 2.05) is 6.08 Å². The molecule has 68 heavy (non-hydrogen) atoms. The number of amides is 1. The summed E-state index contributed by atoms with van der Waals surface area (Å²) in [6.07, 6.45) is 58.5. The number of rotatable bonds is 48. The van der Waals surface area contributed by atoms with Crippen molar-refractivity contribution in [3.8, 4) is 0 Å². The zero-order valence-electron chi connectivity index (χ0n) is 43.9. The minimum atomic E-state index is -1.57. The zero-order valence-corrected chi connectivity index (χ0v) is 43.9. The Kier molecular flexibility index (Phi) is 45.6. The Bertz CT molecular complexity index is 1250. The van der Waals surface area contributed by atoms with Gasteiger partial charge in [0.2, 0.25) is 5.91 Å². The molecule has 0 saturated carbocycles. The van der Waals surface area contributed by atoms with Crippen molar-refractivity contribution in [2.24, 2.45) is 0 Å². The van der Waals surface area contributed by atoms with Crippen molar-refractivity contribution in [2.45, 2.75) is 294 Å². The third kappa shape index (κ3) is 37.7. The molecule has 1 saturated heterocycles. The van der Waals surface area contributed by atoms with E-state index in [1.165, 1.54) is 180 Å². The van der Waals surface area contributed by atoms with Crippen molar-refractivity contribution in [3.05, 3.63) is 60.8 Å². The average Bonchev–Trinajstić information content (AvgIpc) is 3.34. The fourth-order valence-corrected chi connectivity index (χ4v) is 8.77. The highest BCUT2D eigenvalue weighted by Gasteiger charge is 2.44. The number of unbranched alkanes of at least 4 members (excludes halogenated alkanes) is 30. The molecule has 1 amide bonds. The quantitative estimate of drug-likeness (QED) is 0.0261. The summed E-state index contributed by atoms with van der Waals surface area (Å²) in [7, 11) is 0. The Balaban J connectivity index is 2.27. The summed E-state index contributed by atoms with van der Waals surface area (Å²) in [6, 6.07) is -0.827. The second kappa shape index (κ2) is 48.5. The molecule has 0 aromatic heterocycles. The smallest absolute Gasteiger partial charge is 0.220 e. The van der Waals surface area contributed by atoms with Crippen molar-refractivity contribution in [1.82, 2.24) is 5.32 Å². The van der Waals surface area contributed by atoms with Gasteiger partial charge in [-0.25, -0.2) is 0 Å². The Morgan fingerprint density at radius 3 is 1.34 bits per heavy atom. The number of nitrogens with one attached hydrogen (secondary N) is 1. The van der Waals surface area contributed by atoms with Crippen molar-refractivity contribution in [3.63, 3.8) is 0 Å². The highest BCUT2D eigenvalue weighted by atomic mass is 16.7. The predicted octanol–water partition coefficient (Wildman–Crippen LogP) is 13.9. The molecule has 1 aliphatic rings. The van der Waals surface area contributed by atoms with Crippen LogP contribution in [-0.2, 0) is 14.3 Å². The van der Waals surface area contributed by atoms with E-state index < -0.39 is 49.5 Å². The minimum Gasteiger partial charge on any atom is -0.394 e. The highest BCUT2D eigenvalue weighted by molar-refractivity contribution is 5.76. The van der Waals surface area contributed by atoms with Crippen LogP contribution in [0.1, 0.15) is 251 Å². The molecule has 396 valence electrons. The van der Waals surface area contributed by atoms with Gasteiger partial charge in [0.25, 0.3) is 0 Å². The fraction of sp³-hybridized carbons (Fsp3) is 0.814. The number of carbonyl (C=O) groups excluding carboxylic acids is 1. The molecular weight excluding hydrogens is 851 g/mol. The van der Waals surface area contributed by atoms with Crippen molar-refractivity contribution in [1.29, 1.82) is 0 Å². The molecule has 0 aliphatic carbocycles. The van der Waals surface area contributed by atoms with Gasteiger partial charge in [-0.1, -0.05) is 235 Å². The maximum Gasteiger partial charge on any atom is 0.220 e. The lowest BCUT2D eigenvalue weighted by Crippen LogP contribution is -2.60. The monoisotopic (exact) mass is 958 g/mol. The van der Waals surface area contributed by atoms with Crippen LogP contribution in [0.25, 0.3) is 0 Å². The van der Waals surface area contributed by atoms with E-state index in [0.717, 1.165) is 51.4 Å². The van der Waals surface area contributed by atoms with Crippen LogP contribution in [0.2, 0.25) is 0 Å². The molecule has 1 fully saturated rings. The van der Waals surface area contributed by atoms with Crippen LogP contribution in [0.3, 0.4) is 0 Å². The van der Waals surface area contributed by atoms with Gasteiger partial charge in [-0.2, -0.15) is 0 Å². The molecule has 1 aliphatic heterocycles. The molecule has 9 heteroatoms. The molecule has 6 N–H and O–H groups in total. The highest BCUT2D eigenvalue weighted by Crippen LogP contribution is 2.23. The first kappa shape index (κ1) is 63.9. The maximum absolute atomic E-state index is 13.0. The van der Waals surface area contributed by atoms with E-state index in [9.17, 15) is 30.3 Å².